The van der Waals surface area contributed by atoms with Crippen LogP contribution in [0.15, 0.2) is 24.3 Å². The van der Waals surface area contributed by atoms with Gasteiger partial charge in [0, 0.05) is 24.5 Å². The number of morpholine rings is 1. The lowest BCUT2D eigenvalue weighted by atomic mass is 10.0. The second-order valence-electron chi connectivity index (χ2n) is 5.70. The summed E-state index contributed by atoms with van der Waals surface area (Å²) < 4.78 is 5.71. The molecule has 1 aliphatic heterocycles. The lowest BCUT2D eigenvalue weighted by molar-refractivity contribution is -0.139. The van der Waals surface area contributed by atoms with Crippen LogP contribution in [0.1, 0.15) is 29.8 Å². The van der Waals surface area contributed by atoms with Crippen LogP contribution in [0.5, 0.6) is 0 Å². The quantitative estimate of drug-likeness (QED) is 0.869. The molecule has 0 aliphatic carbocycles. The van der Waals surface area contributed by atoms with Gasteiger partial charge in [-0.1, -0.05) is 12.1 Å². The maximum atomic E-state index is 12.5. The van der Waals surface area contributed by atoms with E-state index in [1.165, 1.54) is 0 Å². The van der Waals surface area contributed by atoms with Crippen molar-refractivity contribution in [3.05, 3.63) is 35.4 Å². The third-order valence-corrected chi connectivity index (χ3v) is 3.64. The van der Waals surface area contributed by atoms with E-state index in [0.29, 0.717) is 24.5 Å². The molecule has 1 aromatic rings. The van der Waals surface area contributed by atoms with Crippen LogP contribution < -0.4 is 0 Å². The Kier molecular flexibility index (Phi) is 4.68. The number of aliphatic hydroxyl groups is 1. The third kappa shape index (κ3) is 3.51. The summed E-state index contributed by atoms with van der Waals surface area (Å²) in [5, 5.41) is 9.28. The van der Waals surface area contributed by atoms with Crippen LogP contribution in [0.2, 0.25) is 0 Å². The zero-order valence-electron chi connectivity index (χ0n) is 11.8. The monoisotopic (exact) mass is 297 g/mol. The summed E-state index contributed by atoms with van der Waals surface area (Å²) in [4.78, 5) is 14.2. The highest BCUT2D eigenvalue weighted by atomic mass is 35.5. The van der Waals surface area contributed by atoms with Crippen molar-refractivity contribution in [2.75, 3.05) is 19.7 Å². The Morgan fingerprint density at radius 2 is 2.10 bits per heavy atom. The van der Waals surface area contributed by atoms with Gasteiger partial charge in [0.15, 0.2) is 0 Å². The van der Waals surface area contributed by atoms with Crippen molar-refractivity contribution < 1.29 is 14.6 Å². The molecule has 1 amide bonds. The van der Waals surface area contributed by atoms with Crippen LogP contribution in [0.25, 0.3) is 0 Å². The van der Waals surface area contributed by atoms with Gasteiger partial charge >= 0.3 is 0 Å². The second-order valence-corrected chi connectivity index (χ2v) is 5.97. The number of aliphatic hydroxyl groups excluding tert-OH is 1. The summed E-state index contributed by atoms with van der Waals surface area (Å²) in [5.41, 5.74) is 1.17. The average molecular weight is 298 g/mol. The van der Waals surface area contributed by atoms with E-state index in [-0.39, 0.29) is 18.6 Å². The van der Waals surface area contributed by atoms with Gasteiger partial charge in [-0.3, -0.25) is 4.79 Å². The van der Waals surface area contributed by atoms with Gasteiger partial charge in [0.1, 0.15) is 0 Å². The minimum Gasteiger partial charge on any atom is -0.394 e. The normalized spacial score (nSPS) is 21.8. The lowest BCUT2D eigenvalue weighted by Crippen LogP contribution is -2.55. The number of benzene rings is 1. The Morgan fingerprint density at radius 1 is 1.45 bits per heavy atom. The molecule has 0 saturated carbocycles. The van der Waals surface area contributed by atoms with Gasteiger partial charge < -0.3 is 14.7 Å². The van der Waals surface area contributed by atoms with Gasteiger partial charge in [0.05, 0.1) is 18.3 Å². The molecule has 1 aromatic carbocycles. The molecule has 1 heterocycles. The molecule has 1 N–H and O–H groups in total. The number of halogens is 1. The SMILES string of the molecule is CC1(C)CN(C(=O)c2ccc(CCl)cc2)CC(CO)O1. The molecule has 4 nitrogen and oxygen atoms in total. The molecule has 2 rings (SSSR count). The first-order chi connectivity index (χ1) is 9.45. The number of nitrogens with zero attached hydrogens (tertiary/aromatic N) is 1. The van der Waals surface area contributed by atoms with E-state index in [1.807, 2.05) is 26.0 Å². The van der Waals surface area contributed by atoms with Crippen molar-refractivity contribution in [1.29, 1.82) is 0 Å². The molecule has 5 heteroatoms. The van der Waals surface area contributed by atoms with E-state index in [4.69, 9.17) is 16.3 Å². The average Bonchev–Trinajstić information content (AvgIpc) is 2.44. The van der Waals surface area contributed by atoms with E-state index in [2.05, 4.69) is 0 Å². The van der Waals surface area contributed by atoms with Crippen molar-refractivity contribution >= 4 is 17.5 Å². The van der Waals surface area contributed by atoms with E-state index in [9.17, 15) is 9.90 Å². The number of ether oxygens (including phenoxy) is 1. The van der Waals surface area contributed by atoms with Gasteiger partial charge in [0.2, 0.25) is 0 Å². The molecular weight excluding hydrogens is 278 g/mol. The largest absolute Gasteiger partial charge is 0.394 e. The van der Waals surface area contributed by atoms with Crippen LogP contribution >= 0.6 is 11.6 Å². The van der Waals surface area contributed by atoms with E-state index in [0.717, 1.165) is 5.56 Å². The molecule has 1 fully saturated rings. The number of amides is 1. The summed E-state index contributed by atoms with van der Waals surface area (Å²) in [6.45, 7) is 4.69. The highest BCUT2D eigenvalue weighted by Crippen LogP contribution is 2.22. The van der Waals surface area contributed by atoms with Crippen LogP contribution in [0.3, 0.4) is 0 Å². The van der Waals surface area contributed by atoms with E-state index < -0.39 is 5.60 Å². The highest BCUT2D eigenvalue weighted by molar-refractivity contribution is 6.17. The fourth-order valence-corrected chi connectivity index (χ4v) is 2.64. The van der Waals surface area contributed by atoms with Crippen molar-refractivity contribution in [2.24, 2.45) is 0 Å². The number of rotatable bonds is 3. The minimum atomic E-state index is -0.447. The maximum absolute atomic E-state index is 12.5. The van der Waals surface area contributed by atoms with Crippen molar-refractivity contribution in [3.63, 3.8) is 0 Å². The van der Waals surface area contributed by atoms with Gasteiger partial charge in [-0.15, -0.1) is 11.6 Å². The molecule has 110 valence electrons. The first-order valence-electron chi connectivity index (χ1n) is 6.68. The Hall–Kier alpha value is -1.10. The number of hydrogen-bond acceptors (Lipinski definition) is 3. The fourth-order valence-electron chi connectivity index (χ4n) is 2.46. The smallest absolute Gasteiger partial charge is 0.254 e. The fraction of sp³-hybridized carbons (Fsp3) is 0.533. The molecule has 20 heavy (non-hydrogen) atoms. The second kappa shape index (κ2) is 6.12. The predicted octanol–water partition coefficient (Wildman–Crippen LogP) is 2.04. The maximum Gasteiger partial charge on any atom is 0.254 e. The topological polar surface area (TPSA) is 49.8 Å². The number of carbonyl (C=O) groups is 1. The third-order valence-electron chi connectivity index (χ3n) is 3.33. The highest BCUT2D eigenvalue weighted by Gasteiger charge is 2.35. The van der Waals surface area contributed by atoms with Gasteiger partial charge in [-0.25, -0.2) is 0 Å². The van der Waals surface area contributed by atoms with Crippen molar-refractivity contribution in [1.82, 2.24) is 4.90 Å². The molecule has 1 aliphatic rings. The molecule has 0 bridgehead atoms. The number of alkyl halides is 1. The Balaban J connectivity index is 2.14. The van der Waals surface area contributed by atoms with Gasteiger partial charge in [-0.05, 0) is 31.5 Å². The Morgan fingerprint density at radius 3 is 2.65 bits per heavy atom. The molecule has 0 aromatic heterocycles. The van der Waals surface area contributed by atoms with Crippen LogP contribution in [0, 0.1) is 0 Å². The molecule has 0 spiro atoms. The van der Waals surface area contributed by atoms with Crippen LogP contribution in [-0.2, 0) is 10.6 Å². The summed E-state index contributed by atoms with van der Waals surface area (Å²) >= 11 is 5.74. The van der Waals surface area contributed by atoms with Gasteiger partial charge in [-0.2, -0.15) is 0 Å². The number of hydrogen-bond donors (Lipinski definition) is 1. The van der Waals surface area contributed by atoms with Crippen molar-refractivity contribution in [2.45, 2.75) is 31.4 Å². The lowest BCUT2D eigenvalue weighted by Gasteiger charge is -2.42. The first-order valence-corrected chi connectivity index (χ1v) is 7.21. The number of carbonyl (C=O) groups excluding carboxylic acids is 1. The summed E-state index contributed by atoms with van der Waals surface area (Å²) in [6.07, 6.45) is -0.329. The van der Waals surface area contributed by atoms with Crippen LogP contribution in [0.4, 0.5) is 0 Å². The Labute approximate surface area is 124 Å². The zero-order valence-corrected chi connectivity index (χ0v) is 12.6. The predicted molar refractivity (Wildman–Crippen MR) is 77.9 cm³/mol. The Bertz CT molecular complexity index is 473. The molecular formula is C15H20ClNO3. The molecule has 1 saturated heterocycles. The standard InChI is InChI=1S/C15H20ClNO3/c1-15(2)10-17(8-13(9-18)20-15)14(19)12-5-3-11(7-16)4-6-12/h3-6,13,18H,7-10H2,1-2H3. The zero-order chi connectivity index (χ0) is 14.8. The first kappa shape index (κ1) is 15.3. The van der Waals surface area contributed by atoms with E-state index >= 15 is 0 Å². The molecule has 1 unspecified atom stereocenters. The van der Waals surface area contributed by atoms with E-state index in [1.54, 1.807) is 17.0 Å². The molecule has 0 radical (unpaired) electrons. The minimum absolute atomic E-state index is 0.0408. The molecule has 1 atom stereocenters. The van der Waals surface area contributed by atoms with Crippen molar-refractivity contribution in [3.8, 4) is 0 Å². The summed E-state index contributed by atoms with van der Waals surface area (Å²) in [6, 6.07) is 7.29. The van der Waals surface area contributed by atoms with Gasteiger partial charge in [0.25, 0.3) is 5.91 Å². The summed E-state index contributed by atoms with van der Waals surface area (Å²) in [7, 11) is 0. The van der Waals surface area contributed by atoms with Crippen LogP contribution in [-0.4, -0.2) is 47.3 Å². The summed E-state index contributed by atoms with van der Waals surface area (Å²) in [5.74, 6) is 0.395.